The number of phenolic OH excluding ortho intramolecular Hbond substituents is 1. The van der Waals surface area contributed by atoms with Crippen molar-refractivity contribution in [3.63, 3.8) is 0 Å². The van der Waals surface area contributed by atoms with Gasteiger partial charge in [-0.05, 0) is 52.2 Å². The lowest BCUT2D eigenvalue weighted by Crippen LogP contribution is -2.10. The fourth-order valence-corrected chi connectivity index (χ4v) is 2.42. The van der Waals surface area contributed by atoms with Crippen molar-refractivity contribution in [3.8, 4) is 11.5 Å². The molecule has 0 bridgehead atoms. The average Bonchev–Trinajstić information content (AvgIpc) is 2.47. The molecule has 0 fully saturated rings. The summed E-state index contributed by atoms with van der Waals surface area (Å²) in [5, 5.41) is 12.9. The van der Waals surface area contributed by atoms with Gasteiger partial charge in [-0.25, -0.2) is 0 Å². The van der Waals surface area contributed by atoms with Crippen molar-refractivity contribution >= 4 is 21.6 Å². The molecule has 106 valence electrons. The summed E-state index contributed by atoms with van der Waals surface area (Å²) in [6.45, 7) is 2.12. The number of methoxy groups -OCH3 is 1. The Morgan fingerprint density at radius 1 is 1.20 bits per heavy atom. The Morgan fingerprint density at radius 2 is 1.90 bits per heavy atom. The highest BCUT2D eigenvalue weighted by atomic mass is 79.9. The normalized spacial score (nSPS) is 11.9. The smallest absolute Gasteiger partial charge is 0.121 e. The Hall–Kier alpha value is -1.68. The van der Waals surface area contributed by atoms with E-state index in [-0.39, 0.29) is 11.8 Å². The number of hydrogen-bond donors (Lipinski definition) is 2. The Bertz CT molecular complexity index is 569. The minimum absolute atomic E-state index is 0.180. The minimum atomic E-state index is 0.180. The summed E-state index contributed by atoms with van der Waals surface area (Å²) in [7, 11) is 1.66. The molecular formula is C16H18BrNO2. The van der Waals surface area contributed by atoms with Crippen molar-refractivity contribution in [1.29, 1.82) is 0 Å². The maximum atomic E-state index is 9.37. The van der Waals surface area contributed by atoms with Crippen molar-refractivity contribution in [2.45, 2.75) is 19.4 Å². The van der Waals surface area contributed by atoms with Crippen LogP contribution in [-0.4, -0.2) is 12.2 Å². The predicted molar refractivity (Wildman–Crippen MR) is 85.5 cm³/mol. The number of phenols is 1. The van der Waals surface area contributed by atoms with Gasteiger partial charge in [0.25, 0.3) is 0 Å². The van der Waals surface area contributed by atoms with Gasteiger partial charge in [0.2, 0.25) is 0 Å². The molecule has 2 rings (SSSR count). The second-order valence-electron chi connectivity index (χ2n) is 4.54. The molecule has 20 heavy (non-hydrogen) atoms. The highest BCUT2D eigenvalue weighted by Crippen LogP contribution is 2.31. The maximum absolute atomic E-state index is 9.37. The summed E-state index contributed by atoms with van der Waals surface area (Å²) < 4.78 is 6.25. The van der Waals surface area contributed by atoms with Gasteiger partial charge in [-0.3, -0.25) is 0 Å². The number of halogens is 1. The monoisotopic (exact) mass is 335 g/mol. The lowest BCUT2D eigenvalue weighted by atomic mass is 10.0. The van der Waals surface area contributed by atoms with Crippen LogP contribution in [0.2, 0.25) is 0 Å². The molecule has 2 aromatic rings. The molecule has 2 aromatic carbocycles. The molecule has 0 heterocycles. The molecule has 0 aliphatic heterocycles. The number of benzene rings is 2. The largest absolute Gasteiger partial charge is 0.508 e. The molecule has 0 aliphatic rings. The third kappa shape index (κ3) is 3.45. The first kappa shape index (κ1) is 14.7. The molecule has 4 heteroatoms. The number of aromatic hydroxyl groups is 1. The van der Waals surface area contributed by atoms with Crippen LogP contribution in [-0.2, 0) is 0 Å². The van der Waals surface area contributed by atoms with Crippen molar-refractivity contribution in [2.75, 3.05) is 12.4 Å². The predicted octanol–water partition coefficient (Wildman–Crippen LogP) is 4.73. The van der Waals surface area contributed by atoms with Gasteiger partial charge in [0.05, 0.1) is 18.8 Å². The van der Waals surface area contributed by atoms with Crippen molar-refractivity contribution < 1.29 is 9.84 Å². The molecule has 0 amide bonds. The minimum Gasteiger partial charge on any atom is -0.508 e. The average molecular weight is 336 g/mol. The number of nitrogens with one attached hydrogen (secondary N) is 1. The van der Waals surface area contributed by atoms with Gasteiger partial charge in [0, 0.05) is 10.5 Å². The summed E-state index contributed by atoms with van der Waals surface area (Å²) in [6.07, 6.45) is 0.939. The maximum Gasteiger partial charge on any atom is 0.121 e. The summed E-state index contributed by atoms with van der Waals surface area (Å²) in [5.41, 5.74) is 2.13. The van der Waals surface area contributed by atoms with Crippen LogP contribution < -0.4 is 10.1 Å². The van der Waals surface area contributed by atoms with E-state index >= 15 is 0 Å². The molecule has 0 spiro atoms. The van der Waals surface area contributed by atoms with Crippen molar-refractivity contribution in [3.05, 3.63) is 52.5 Å². The third-order valence-electron chi connectivity index (χ3n) is 3.21. The molecule has 1 unspecified atom stereocenters. The van der Waals surface area contributed by atoms with Gasteiger partial charge in [0.15, 0.2) is 0 Å². The number of ether oxygens (including phenoxy) is 1. The van der Waals surface area contributed by atoms with E-state index in [1.807, 2.05) is 30.3 Å². The number of rotatable bonds is 5. The van der Waals surface area contributed by atoms with E-state index in [1.165, 1.54) is 0 Å². The SMILES string of the molecule is CCC(Nc1cc(OC)ccc1Br)c1ccc(O)cc1. The highest BCUT2D eigenvalue weighted by molar-refractivity contribution is 9.10. The lowest BCUT2D eigenvalue weighted by Gasteiger charge is -2.20. The molecule has 0 radical (unpaired) electrons. The van der Waals surface area contributed by atoms with Crippen LogP contribution in [0.1, 0.15) is 24.9 Å². The zero-order chi connectivity index (χ0) is 14.5. The van der Waals surface area contributed by atoms with Crippen LogP contribution in [0, 0.1) is 0 Å². The summed E-state index contributed by atoms with van der Waals surface area (Å²) >= 11 is 3.54. The molecule has 0 saturated carbocycles. The molecule has 0 aliphatic carbocycles. The second-order valence-corrected chi connectivity index (χ2v) is 5.40. The van der Waals surface area contributed by atoms with E-state index in [0.717, 1.165) is 27.9 Å². The van der Waals surface area contributed by atoms with E-state index in [1.54, 1.807) is 19.2 Å². The second kappa shape index (κ2) is 6.66. The molecule has 2 N–H and O–H groups in total. The van der Waals surface area contributed by atoms with Crippen LogP contribution in [0.15, 0.2) is 46.9 Å². The standard InChI is InChI=1S/C16H18BrNO2/c1-3-15(11-4-6-12(19)7-5-11)18-16-10-13(20-2)8-9-14(16)17/h4-10,15,18-19H,3H2,1-2H3. The Kier molecular flexibility index (Phi) is 4.90. The van der Waals surface area contributed by atoms with E-state index in [0.29, 0.717) is 0 Å². The topological polar surface area (TPSA) is 41.5 Å². The van der Waals surface area contributed by atoms with Gasteiger partial charge in [-0.2, -0.15) is 0 Å². The van der Waals surface area contributed by atoms with Crippen LogP contribution in [0.25, 0.3) is 0 Å². The first-order chi connectivity index (χ1) is 9.63. The zero-order valence-corrected chi connectivity index (χ0v) is 13.1. The summed E-state index contributed by atoms with van der Waals surface area (Å²) in [6, 6.07) is 13.3. The van der Waals surface area contributed by atoms with Crippen molar-refractivity contribution in [1.82, 2.24) is 0 Å². The Labute approximate surface area is 127 Å². The molecule has 0 aromatic heterocycles. The highest BCUT2D eigenvalue weighted by Gasteiger charge is 2.11. The molecular weight excluding hydrogens is 318 g/mol. The first-order valence-corrected chi connectivity index (χ1v) is 7.32. The van der Waals surface area contributed by atoms with Gasteiger partial charge in [-0.15, -0.1) is 0 Å². The van der Waals surface area contributed by atoms with Crippen LogP contribution in [0.3, 0.4) is 0 Å². The number of hydrogen-bond acceptors (Lipinski definition) is 3. The van der Waals surface area contributed by atoms with E-state index in [9.17, 15) is 5.11 Å². The first-order valence-electron chi connectivity index (χ1n) is 6.53. The number of anilines is 1. The third-order valence-corrected chi connectivity index (χ3v) is 3.90. The fraction of sp³-hybridized carbons (Fsp3) is 0.250. The van der Waals surface area contributed by atoms with Gasteiger partial charge >= 0.3 is 0 Å². The van der Waals surface area contributed by atoms with E-state index in [2.05, 4.69) is 28.2 Å². The van der Waals surface area contributed by atoms with Gasteiger partial charge < -0.3 is 15.2 Å². The van der Waals surface area contributed by atoms with E-state index < -0.39 is 0 Å². The fourth-order valence-electron chi connectivity index (χ4n) is 2.06. The van der Waals surface area contributed by atoms with Gasteiger partial charge in [0.1, 0.15) is 11.5 Å². The summed E-state index contributed by atoms with van der Waals surface area (Å²) in [5.74, 6) is 1.10. The van der Waals surface area contributed by atoms with Gasteiger partial charge in [-0.1, -0.05) is 19.1 Å². The Balaban J connectivity index is 2.23. The quantitative estimate of drug-likeness (QED) is 0.830. The van der Waals surface area contributed by atoms with E-state index in [4.69, 9.17) is 4.74 Å². The Morgan fingerprint density at radius 3 is 2.50 bits per heavy atom. The zero-order valence-electron chi connectivity index (χ0n) is 11.6. The molecule has 0 saturated heterocycles. The molecule has 3 nitrogen and oxygen atoms in total. The summed E-state index contributed by atoms with van der Waals surface area (Å²) in [4.78, 5) is 0. The van der Waals surface area contributed by atoms with Crippen molar-refractivity contribution in [2.24, 2.45) is 0 Å². The van der Waals surface area contributed by atoms with Crippen LogP contribution in [0.5, 0.6) is 11.5 Å². The van der Waals surface area contributed by atoms with Crippen LogP contribution in [0.4, 0.5) is 5.69 Å². The molecule has 1 atom stereocenters. The lowest BCUT2D eigenvalue weighted by molar-refractivity contribution is 0.415. The van der Waals surface area contributed by atoms with Crippen LogP contribution >= 0.6 is 15.9 Å².